The molecular weight excluding hydrogens is 372 g/mol. The number of imidazole rings is 1. The molecule has 1 saturated heterocycles. The van der Waals surface area contributed by atoms with E-state index in [1.54, 1.807) is 0 Å². The zero-order valence-electron chi connectivity index (χ0n) is 17.1. The van der Waals surface area contributed by atoms with Crippen molar-refractivity contribution >= 4 is 22.9 Å². The summed E-state index contributed by atoms with van der Waals surface area (Å²) in [6, 6.07) is 8.09. The largest absolute Gasteiger partial charge is 0.467 e. The maximum atomic E-state index is 12.8. The highest BCUT2D eigenvalue weighted by Gasteiger charge is 2.61. The van der Waals surface area contributed by atoms with E-state index in [1.807, 2.05) is 35.8 Å². The fourth-order valence-corrected chi connectivity index (χ4v) is 4.36. The number of nitrogens with one attached hydrogen (secondary N) is 2. The lowest BCUT2D eigenvalue weighted by Crippen LogP contribution is -2.51. The molecule has 1 aliphatic heterocycles. The first kappa shape index (κ1) is 19.7. The summed E-state index contributed by atoms with van der Waals surface area (Å²) in [5.74, 6) is -0.404. The molecule has 0 spiro atoms. The van der Waals surface area contributed by atoms with Gasteiger partial charge in [0.25, 0.3) is 6.01 Å². The van der Waals surface area contributed by atoms with Gasteiger partial charge in [0.1, 0.15) is 11.6 Å². The van der Waals surface area contributed by atoms with Crippen LogP contribution in [0.4, 0.5) is 0 Å². The van der Waals surface area contributed by atoms with Crippen LogP contribution in [-0.4, -0.2) is 52.8 Å². The topological polar surface area (TPSA) is 94.5 Å². The number of carbonyl (C=O) groups is 2. The molecule has 4 atom stereocenters. The molecular formula is C21H28N4O4. The van der Waals surface area contributed by atoms with E-state index in [-0.39, 0.29) is 23.9 Å². The van der Waals surface area contributed by atoms with Crippen LogP contribution in [0.3, 0.4) is 0 Å². The van der Waals surface area contributed by atoms with Crippen LogP contribution in [0.25, 0.3) is 11.0 Å². The predicted molar refractivity (Wildman–Crippen MR) is 108 cm³/mol. The van der Waals surface area contributed by atoms with E-state index in [9.17, 15) is 9.59 Å². The van der Waals surface area contributed by atoms with Crippen LogP contribution in [0.5, 0.6) is 6.01 Å². The summed E-state index contributed by atoms with van der Waals surface area (Å²) in [5.41, 5.74) is 1.06. The highest BCUT2D eigenvalue weighted by molar-refractivity contribution is 5.93. The Morgan fingerprint density at radius 2 is 2.14 bits per heavy atom. The Bertz CT molecular complexity index is 927. The van der Waals surface area contributed by atoms with Gasteiger partial charge in [-0.3, -0.25) is 9.36 Å². The second-order valence-electron chi connectivity index (χ2n) is 7.83. The third-order valence-corrected chi connectivity index (χ3v) is 6.11. The summed E-state index contributed by atoms with van der Waals surface area (Å²) in [7, 11) is 1.36. The Kier molecular flexibility index (Phi) is 5.21. The number of ether oxygens (including phenoxy) is 2. The number of methoxy groups -OCH3 is 1. The Morgan fingerprint density at radius 3 is 2.83 bits per heavy atom. The Hall–Kier alpha value is -2.61. The normalized spacial score (nSPS) is 28.3. The number of amides is 1. The molecule has 8 heteroatoms. The summed E-state index contributed by atoms with van der Waals surface area (Å²) in [4.78, 5) is 29.6. The van der Waals surface area contributed by atoms with Gasteiger partial charge in [-0.2, -0.15) is 4.98 Å². The fraction of sp³-hybridized carbons (Fsp3) is 0.571. The zero-order chi connectivity index (χ0) is 20.6. The van der Waals surface area contributed by atoms with Crippen molar-refractivity contribution in [3.63, 3.8) is 0 Å². The van der Waals surface area contributed by atoms with Gasteiger partial charge in [0.2, 0.25) is 5.91 Å². The van der Waals surface area contributed by atoms with E-state index in [0.717, 1.165) is 24.0 Å². The first-order valence-electron chi connectivity index (χ1n) is 10.3. The molecule has 2 aromatic rings. The molecule has 2 heterocycles. The monoisotopic (exact) mass is 400 g/mol. The van der Waals surface area contributed by atoms with Crippen LogP contribution >= 0.6 is 0 Å². The summed E-state index contributed by atoms with van der Waals surface area (Å²) < 4.78 is 13.1. The van der Waals surface area contributed by atoms with Crippen molar-refractivity contribution < 1.29 is 19.1 Å². The van der Waals surface area contributed by atoms with Crippen LogP contribution in [0.15, 0.2) is 24.3 Å². The number of aryl methyl sites for hydroxylation is 1. The van der Waals surface area contributed by atoms with Crippen LogP contribution in [0.1, 0.15) is 33.1 Å². The van der Waals surface area contributed by atoms with Gasteiger partial charge in [0.05, 0.1) is 24.2 Å². The van der Waals surface area contributed by atoms with Gasteiger partial charge in [0, 0.05) is 19.5 Å². The van der Waals surface area contributed by atoms with Crippen molar-refractivity contribution in [1.82, 2.24) is 20.2 Å². The van der Waals surface area contributed by atoms with Gasteiger partial charge in [0.15, 0.2) is 0 Å². The molecule has 1 amide bonds. The van der Waals surface area contributed by atoms with E-state index in [4.69, 9.17) is 9.47 Å². The van der Waals surface area contributed by atoms with Gasteiger partial charge in [-0.25, -0.2) is 4.79 Å². The maximum absolute atomic E-state index is 12.8. The highest BCUT2D eigenvalue weighted by atomic mass is 16.5. The van der Waals surface area contributed by atoms with Crippen molar-refractivity contribution in [2.45, 2.75) is 57.3 Å². The van der Waals surface area contributed by atoms with Crippen molar-refractivity contribution in [2.24, 2.45) is 5.92 Å². The molecule has 1 unspecified atom stereocenters. The second-order valence-corrected chi connectivity index (χ2v) is 7.83. The fourth-order valence-electron chi connectivity index (χ4n) is 4.36. The van der Waals surface area contributed by atoms with E-state index in [2.05, 4.69) is 22.5 Å². The van der Waals surface area contributed by atoms with Crippen LogP contribution in [-0.2, 0) is 20.9 Å². The number of hydrogen-bond acceptors (Lipinski definition) is 6. The van der Waals surface area contributed by atoms with Crippen LogP contribution in [0.2, 0.25) is 0 Å². The molecule has 156 valence electrons. The highest BCUT2D eigenvalue weighted by Crippen LogP contribution is 2.46. The number of esters is 1. The first-order valence-corrected chi connectivity index (χ1v) is 10.3. The number of fused-ring (bicyclic) bond motifs is 1. The minimum absolute atomic E-state index is 0.136. The molecule has 1 aliphatic carbocycles. The summed E-state index contributed by atoms with van der Waals surface area (Å²) in [5, 5.41) is 6.15. The lowest BCUT2D eigenvalue weighted by molar-refractivity contribution is -0.147. The Balaban J connectivity index is 1.41. The number of para-hydroxylation sites is 2. The number of rotatable bonds is 7. The lowest BCUT2D eigenvalue weighted by atomic mass is 10.1. The molecule has 2 fully saturated rings. The number of benzene rings is 1. The van der Waals surface area contributed by atoms with Gasteiger partial charge in [-0.1, -0.05) is 25.5 Å². The van der Waals surface area contributed by atoms with Crippen LogP contribution < -0.4 is 15.4 Å². The van der Waals surface area contributed by atoms with E-state index >= 15 is 0 Å². The number of nitrogens with zero attached hydrogens (tertiary/aromatic N) is 2. The van der Waals surface area contributed by atoms with Gasteiger partial charge in [-0.05, 0) is 31.4 Å². The summed E-state index contributed by atoms with van der Waals surface area (Å²) in [6.45, 7) is 5.36. The number of aromatic nitrogens is 2. The standard InChI is InChI=1S/C21H28N4O4/c1-4-13-11-21(13,19(27)28-3)24-18(26)16-10-14(12-22-16)29-20-23-15-8-6-7-9-17(15)25(20)5-2/h6-9,13-14,16,22H,4-5,10-12H2,1-3H3,(H,24,26)/t13-,14-,16+,21?/m1/s1. The quantitative estimate of drug-likeness (QED) is 0.686. The van der Waals surface area contributed by atoms with Crippen molar-refractivity contribution in [1.29, 1.82) is 0 Å². The molecule has 1 aromatic carbocycles. The third kappa shape index (κ3) is 3.46. The van der Waals surface area contributed by atoms with Gasteiger partial charge < -0.3 is 20.1 Å². The molecule has 2 N–H and O–H groups in total. The maximum Gasteiger partial charge on any atom is 0.331 e. The zero-order valence-corrected chi connectivity index (χ0v) is 17.1. The molecule has 8 nitrogen and oxygen atoms in total. The van der Waals surface area contributed by atoms with Crippen molar-refractivity contribution in [2.75, 3.05) is 13.7 Å². The molecule has 2 aliphatic rings. The second kappa shape index (κ2) is 7.67. The van der Waals surface area contributed by atoms with Gasteiger partial charge in [-0.15, -0.1) is 0 Å². The molecule has 0 radical (unpaired) electrons. The summed E-state index contributed by atoms with van der Waals surface area (Å²) in [6.07, 6.45) is 1.82. The van der Waals surface area contributed by atoms with E-state index in [0.29, 0.717) is 25.4 Å². The van der Waals surface area contributed by atoms with E-state index < -0.39 is 11.6 Å². The predicted octanol–water partition coefficient (Wildman–Crippen LogP) is 1.62. The van der Waals surface area contributed by atoms with Crippen LogP contribution in [0, 0.1) is 5.92 Å². The lowest BCUT2D eigenvalue weighted by Gasteiger charge is -2.19. The minimum atomic E-state index is -0.864. The smallest absolute Gasteiger partial charge is 0.331 e. The Labute approximate surface area is 169 Å². The minimum Gasteiger partial charge on any atom is -0.467 e. The average molecular weight is 400 g/mol. The molecule has 1 saturated carbocycles. The molecule has 4 rings (SSSR count). The Morgan fingerprint density at radius 1 is 1.34 bits per heavy atom. The van der Waals surface area contributed by atoms with Gasteiger partial charge >= 0.3 is 5.97 Å². The average Bonchev–Trinajstić information content (AvgIpc) is 3.08. The third-order valence-electron chi connectivity index (χ3n) is 6.11. The van der Waals surface area contributed by atoms with E-state index in [1.165, 1.54) is 7.11 Å². The van der Waals surface area contributed by atoms with Crippen molar-refractivity contribution in [3.05, 3.63) is 24.3 Å². The molecule has 1 aromatic heterocycles. The number of hydrogen-bond donors (Lipinski definition) is 2. The number of carbonyl (C=O) groups excluding carboxylic acids is 2. The first-order chi connectivity index (χ1) is 14.0. The van der Waals surface area contributed by atoms with Crippen molar-refractivity contribution in [3.8, 4) is 6.01 Å². The molecule has 0 bridgehead atoms. The summed E-state index contributed by atoms with van der Waals surface area (Å²) >= 11 is 0. The SMILES string of the molecule is CC[C@@H]1CC1(NC(=O)[C@@H]1C[C@@H](Oc2nc3ccccc3n2CC)CN1)C(=O)OC. The molecule has 29 heavy (non-hydrogen) atoms.